The maximum Gasteiger partial charge on any atom is 0.254 e. The van der Waals surface area contributed by atoms with E-state index in [0.29, 0.717) is 0 Å². The van der Waals surface area contributed by atoms with Gasteiger partial charge in [-0.25, -0.2) is 0 Å². The minimum atomic E-state index is 0.0834. The number of nitrogens with zero attached hydrogens (tertiary/aromatic N) is 2. The number of fused-ring (bicyclic) bond motifs is 7. The van der Waals surface area contributed by atoms with Gasteiger partial charge in [0, 0.05) is 33.1 Å². The first-order valence-electron chi connectivity index (χ1n) is 19.6. The van der Waals surface area contributed by atoms with Crippen molar-refractivity contribution >= 4 is 78.0 Å². The van der Waals surface area contributed by atoms with Gasteiger partial charge in [0.25, 0.3) is 6.71 Å². The summed E-state index contributed by atoms with van der Waals surface area (Å²) in [5.41, 5.74) is 18.0. The highest BCUT2D eigenvalue weighted by molar-refractivity contribution is 7.26. The van der Waals surface area contributed by atoms with Crippen molar-refractivity contribution in [2.24, 2.45) is 0 Å². The van der Waals surface area contributed by atoms with Gasteiger partial charge in [-0.1, -0.05) is 118 Å². The van der Waals surface area contributed by atoms with Crippen molar-refractivity contribution in [3.63, 3.8) is 0 Å². The van der Waals surface area contributed by atoms with Gasteiger partial charge in [0.05, 0.1) is 5.00 Å². The molecule has 0 saturated heterocycles. The number of thiophene rings is 1. The fourth-order valence-corrected chi connectivity index (χ4v) is 10.7. The highest BCUT2D eigenvalue weighted by Gasteiger charge is 2.47. The maximum atomic E-state index is 2.66. The lowest BCUT2D eigenvalue weighted by Gasteiger charge is -2.47. The summed E-state index contributed by atoms with van der Waals surface area (Å²) < 4.78 is 1.35. The Bertz CT molecular complexity index is 2430. The van der Waals surface area contributed by atoms with Gasteiger partial charge in [-0.05, 0) is 140 Å². The SMILES string of the molecule is Cc1cc2c3c(c1)N(c1ccc(C(C)(C)C)cc1)c1sc4ccccc4c1B3c1cc3c(cc1N2c1ccc(C(C)(C)C)cc1)C(C)(C)CCC3(C)C. The molecule has 3 heterocycles. The summed E-state index contributed by atoms with van der Waals surface area (Å²) in [5.74, 6) is 0. The number of hydrogen-bond donors (Lipinski definition) is 0. The summed E-state index contributed by atoms with van der Waals surface area (Å²) in [7, 11) is 0. The van der Waals surface area contributed by atoms with Gasteiger partial charge in [0.15, 0.2) is 0 Å². The molecule has 9 rings (SSSR count). The highest BCUT2D eigenvalue weighted by atomic mass is 32.1. The second kappa shape index (κ2) is 11.4. The molecule has 0 bridgehead atoms. The molecule has 2 aliphatic heterocycles. The van der Waals surface area contributed by atoms with Gasteiger partial charge in [0.2, 0.25) is 0 Å². The first-order valence-corrected chi connectivity index (χ1v) is 20.4. The average Bonchev–Trinajstić information content (AvgIpc) is 3.48. The molecule has 0 fully saturated rings. The van der Waals surface area contributed by atoms with E-state index >= 15 is 0 Å². The molecule has 1 aromatic heterocycles. The Balaban J connectivity index is 1.39. The van der Waals surface area contributed by atoms with Crippen molar-refractivity contribution in [1.82, 2.24) is 0 Å². The van der Waals surface area contributed by atoms with E-state index in [1.807, 2.05) is 11.3 Å². The van der Waals surface area contributed by atoms with E-state index in [9.17, 15) is 0 Å². The van der Waals surface area contributed by atoms with E-state index in [-0.39, 0.29) is 28.4 Å². The quantitative estimate of drug-likeness (QED) is 0.165. The molecular formula is C49H53BN2S. The van der Waals surface area contributed by atoms with Crippen LogP contribution in [-0.2, 0) is 21.7 Å². The van der Waals surface area contributed by atoms with Crippen molar-refractivity contribution < 1.29 is 0 Å². The molecule has 0 N–H and O–H groups in total. The van der Waals surface area contributed by atoms with Gasteiger partial charge in [-0.2, -0.15) is 0 Å². The zero-order valence-electron chi connectivity index (χ0n) is 33.5. The topological polar surface area (TPSA) is 6.48 Å². The molecule has 0 saturated carbocycles. The number of anilines is 6. The Hall–Kier alpha value is -4.28. The summed E-state index contributed by atoms with van der Waals surface area (Å²) in [6, 6.07) is 38.1. The fraction of sp³-hybridized carbons (Fsp3) is 0.347. The molecule has 0 unspecified atom stereocenters. The Morgan fingerprint density at radius 2 is 1.09 bits per heavy atom. The Labute approximate surface area is 322 Å². The number of rotatable bonds is 2. The fourth-order valence-electron chi connectivity index (χ4n) is 9.42. The van der Waals surface area contributed by atoms with Crippen LogP contribution in [0.25, 0.3) is 10.1 Å². The predicted molar refractivity (Wildman–Crippen MR) is 233 cm³/mol. The van der Waals surface area contributed by atoms with Crippen molar-refractivity contribution in [3.8, 4) is 0 Å². The van der Waals surface area contributed by atoms with Crippen LogP contribution in [0.1, 0.15) is 110 Å². The van der Waals surface area contributed by atoms with Gasteiger partial charge >= 0.3 is 0 Å². The van der Waals surface area contributed by atoms with Gasteiger partial charge in [-0.15, -0.1) is 11.3 Å². The maximum absolute atomic E-state index is 2.66. The van der Waals surface area contributed by atoms with Crippen LogP contribution in [0, 0.1) is 6.92 Å². The Morgan fingerprint density at radius 1 is 0.585 bits per heavy atom. The van der Waals surface area contributed by atoms with Crippen LogP contribution in [0.2, 0.25) is 0 Å². The minimum absolute atomic E-state index is 0.0834. The zero-order chi connectivity index (χ0) is 37.4. The molecule has 3 aliphatic rings. The molecule has 0 atom stereocenters. The minimum Gasteiger partial charge on any atom is -0.311 e. The smallest absolute Gasteiger partial charge is 0.254 e. The van der Waals surface area contributed by atoms with Gasteiger partial charge in [0.1, 0.15) is 0 Å². The third kappa shape index (κ3) is 5.26. The molecule has 0 radical (unpaired) electrons. The molecule has 2 nitrogen and oxygen atoms in total. The Morgan fingerprint density at radius 3 is 1.66 bits per heavy atom. The van der Waals surface area contributed by atoms with Gasteiger partial charge < -0.3 is 9.80 Å². The Kier molecular flexibility index (Phi) is 7.40. The lowest BCUT2D eigenvalue weighted by molar-refractivity contribution is 0.332. The molecule has 6 aromatic rings. The average molecular weight is 713 g/mol. The summed E-state index contributed by atoms with van der Waals surface area (Å²) in [6.07, 6.45) is 2.39. The van der Waals surface area contributed by atoms with Crippen LogP contribution in [0.5, 0.6) is 0 Å². The van der Waals surface area contributed by atoms with Gasteiger partial charge in [-0.3, -0.25) is 0 Å². The van der Waals surface area contributed by atoms with Crippen LogP contribution >= 0.6 is 11.3 Å². The monoisotopic (exact) mass is 712 g/mol. The standard InChI is InChI=1S/C49H53BN2S/c1-30-26-40-44-41(27-30)52(34-22-18-32(19-23-34)47(5,6)7)45-43(35-14-12-13-15-42(35)53-45)50(44)38-28-36-37(49(10,11)25-24-48(36,8)9)29-39(38)51(40)33-20-16-31(17-21-33)46(2,3)4/h12-23,26-29H,24-25H2,1-11H3. The first kappa shape index (κ1) is 34.5. The highest BCUT2D eigenvalue weighted by Crippen LogP contribution is 2.51. The molecule has 5 aromatic carbocycles. The largest absolute Gasteiger partial charge is 0.311 e. The molecular weight excluding hydrogens is 659 g/mol. The second-order valence-corrected chi connectivity index (χ2v) is 20.5. The molecule has 0 amide bonds. The molecule has 1 aliphatic carbocycles. The summed E-state index contributed by atoms with van der Waals surface area (Å²) in [5, 5.41) is 2.72. The van der Waals surface area contributed by atoms with Crippen LogP contribution in [-0.4, -0.2) is 6.71 Å². The number of aryl methyl sites for hydroxylation is 1. The van der Waals surface area contributed by atoms with Crippen LogP contribution in [0.4, 0.5) is 33.4 Å². The van der Waals surface area contributed by atoms with E-state index in [4.69, 9.17) is 0 Å². The van der Waals surface area contributed by atoms with E-state index in [2.05, 4.69) is 183 Å². The molecule has 268 valence electrons. The van der Waals surface area contributed by atoms with Crippen molar-refractivity contribution in [1.29, 1.82) is 0 Å². The summed E-state index contributed by atoms with van der Waals surface area (Å²) in [6.45, 7) is 26.1. The summed E-state index contributed by atoms with van der Waals surface area (Å²) >= 11 is 1.95. The first-order chi connectivity index (χ1) is 24.9. The van der Waals surface area contributed by atoms with E-state index in [1.54, 1.807) is 0 Å². The third-order valence-corrected chi connectivity index (χ3v) is 13.9. The van der Waals surface area contributed by atoms with Crippen LogP contribution in [0.15, 0.2) is 97.1 Å². The lowest BCUT2D eigenvalue weighted by atomic mass is 9.33. The van der Waals surface area contributed by atoms with E-state index in [1.165, 1.54) is 101 Å². The van der Waals surface area contributed by atoms with E-state index < -0.39 is 0 Å². The summed E-state index contributed by atoms with van der Waals surface area (Å²) in [4.78, 5) is 5.20. The van der Waals surface area contributed by atoms with Crippen LogP contribution in [0.3, 0.4) is 0 Å². The predicted octanol–water partition coefficient (Wildman–Crippen LogP) is 12.2. The number of hydrogen-bond acceptors (Lipinski definition) is 3. The molecule has 0 spiro atoms. The lowest BCUT2D eigenvalue weighted by Crippen LogP contribution is -2.61. The van der Waals surface area contributed by atoms with Crippen molar-refractivity contribution in [2.45, 2.75) is 111 Å². The number of benzene rings is 5. The van der Waals surface area contributed by atoms with Crippen LogP contribution < -0.4 is 26.2 Å². The normalized spacial score (nSPS) is 17.0. The molecule has 53 heavy (non-hydrogen) atoms. The van der Waals surface area contributed by atoms with E-state index in [0.717, 1.165) is 0 Å². The third-order valence-electron chi connectivity index (χ3n) is 12.7. The zero-order valence-corrected chi connectivity index (χ0v) is 34.3. The second-order valence-electron chi connectivity index (χ2n) is 19.5. The molecule has 4 heteroatoms. The van der Waals surface area contributed by atoms with Crippen molar-refractivity contribution in [2.75, 3.05) is 9.80 Å². The van der Waals surface area contributed by atoms with Crippen molar-refractivity contribution in [3.05, 3.63) is 125 Å².